The first kappa shape index (κ1) is 27.2. The van der Waals surface area contributed by atoms with Crippen molar-refractivity contribution in [2.24, 2.45) is 35.5 Å². The Labute approximate surface area is 223 Å². The first-order chi connectivity index (χ1) is 18.1. The monoisotopic (exact) mass is 514 g/mol. The Morgan fingerprint density at radius 2 is 1.32 bits per heavy atom. The molecule has 2 atom stereocenters. The molecule has 2 unspecified atom stereocenters. The topological polar surface area (TPSA) is 18.5 Å². The molecule has 1 aromatic carbocycles. The lowest BCUT2D eigenvalue weighted by molar-refractivity contribution is -0.0733. The summed E-state index contributed by atoms with van der Waals surface area (Å²) in [7, 11) is 0. The van der Waals surface area contributed by atoms with Crippen molar-refractivity contribution in [2.75, 3.05) is 13.2 Å². The third-order valence-corrected chi connectivity index (χ3v) is 10.8. The third kappa shape index (κ3) is 6.26. The lowest BCUT2D eigenvalue weighted by Gasteiger charge is -2.43. The molecule has 5 rings (SSSR count). The molecule has 1 aliphatic heterocycles. The number of rotatable bonds is 7. The van der Waals surface area contributed by atoms with Gasteiger partial charge in [0, 0.05) is 0 Å². The largest absolute Gasteiger partial charge is 0.491 e. The van der Waals surface area contributed by atoms with Crippen LogP contribution in [0.1, 0.15) is 108 Å². The van der Waals surface area contributed by atoms with Crippen LogP contribution in [0, 0.1) is 47.1 Å². The molecule has 4 aliphatic rings. The van der Waals surface area contributed by atoms with Gasteiger partial charge in [-0.2, -0.15) is 4.39 Å². The summed E-state index contributed by atoms with van der Waals surface area (Å²) in [6.45, 7) is 7.06. The smallest absolute Gasteiger partial charge is 0.200 e. The molecule has 1 heterocycles. The summed E-state index contributed by atoms with van der Waals surface area (Å²) in [6.07, 6.45) is 20.2. The molecule has 4 fully saturated rings. The summed E-state index contributed by atoms with van der Waals surface area (Å²) >= 11 is 0. The maximum atomic E-state index is 14.7. The molecular formula is C33H48F2O2. The summed E-state index contributed by atoms with van der Waals surface area (Å²) in [5.74, 6) is 3.42. The maximum Gasteiger partial charge on any atom is 0.200 e. The predicted molar refractivity (Wildman–Crippen MR) is 146 cm³/mol. The van der Waals surface area contributed by atoms with Crippen LogP contribution in [0.2, 0.25) is 0 Å². The van der Waals surface area contributed by atoms with E-state index in [2.05, 4.69) is 12.7 Å². The lowest BCUT2D eigenvalue weighted by atomic mass is 9.66. The van der Waals surface area contributed by atoms with E-state index in [0.717, 1.165) is 61.9 Å². The number of hydrogen-bond donors (Lipinski definition) is 0. The summed E-state index contributed by atoms with van der Waals surface area (Å²) in [5.41, 5.74) is 0.522. The van der Waals surface area contributed by atoms with Crippen LogP contribution in [-0.2, 0) is 4.74 Å². The molecular weight excluding hydrogens is 466 g/mol. The van der Waals surface area contributed by atoms with Gasteiger partial charge in [-0.05, 0) is 150 Å². The van der Waals surface area contributed by atoms with E-state index in [9.17, 15) is 8.78 Å². The molecule has 3 aliphatic carbocycles. The average Bonchev–Trinajstić information content (AvgIpc) is 2.96. The highest BCUT2D eigenvalue weighted by Gasteiger charge is 2.37. The Bertz CT molecular complexity index is 869. The Morgan fingerprint density at radius 1 is 0.757 bits per heavy atom. The Hall–Kier alpha value is -1.42. The second kappa shape index (κ2) is 12.6. The van der Waals surface area contributed by atoms with Crippen molar-refractivity contribution in [2.45, 2.75) is 109 Å². The van der Waals surface area contributed by atoms with E-state index in [4.69, 9.17) is 9.47 Å². The fourth-order valence-corrected chi connectivity index (χ4v) is 8.41. The Balaban J connectivity index is 1.04. The van der Waals surface area contributed by atoms with Gasteiger partial charge in [-0.1, -0.05) is 12.1 Å². The van der Waals surface area contributed by atoms with Crippen molar-refractivity contribution in [3.8, 4) is 5.75 Å². The van der Waals surface area contributed by atoms with Crippen LogP contribution < -0.4 is 4.74 Å². The molecule has 3 saturated carbocycles. The van der Waals surface area contributed by atoms with E-state index < -0.39 is 11.6 Å². The highest BCUT2D eigenvalue weighted by Crippen LogP contribution is 2.46. The SMILES string of the molecule is C=CC1CCC(C2CCC(C3CCC(C4CCC(c5ccc(OCC)c(F)c5F)CC4)OC3)CC2)CC1. The van der Waals surface area contributed by atoms with E-state index in [1.165, 1.54) is 64.2 Å². The van der Waals surface area contributed by atoms with E-state index >= 15 is 0 Å². The van der Waals surface area contributed by atoms with Gasteiger partial charge in [-0.3, -0.25) is 0 Å². The van der Waals surface area contributed by atoms with Crippen LogP contribution in [0.4, 0.5) is 8.78 Å². The van der Waals surface area contributed by atoms with E-state index in [1.54, 1.807) is 19.1 Å². The summed E-state index contributed by atoms with van der Waals surface area (Å²) in [4.78, 5) is 0. The first-order valence-corrected chi connectivity index (χ1v) is 15.4. The number of halogens is 2. The van der Waals surface area contributed by atoms with Crippen molar-refractivity contribution in [1.29, 1.82) is 0 Å². The van der Waals surface area contributed by atoms with Crippen LogP contribution in [0.3, 0.4) is 0 Å². The van der Waals surface area contributed by atoms with Gasteiger partial charge < -0.3 is 9.47 Å². The van der Waals surface area contributed by atoms with Crippen LogP contribution in [-0.4, -0.2) is 19.3 Å². The highest BCUT2D eigenvalue weighted by atomic mass is 19.2. The van der Waals surface area contributed by atoms with Crippen LogP contribution >= 0.6 is 0 Å². The van der Waals surface area contributed by atoms with E-state index in [0.29, 0.717) is 24.2 Å². The fourth-order valence-electron chi connectivity index (χ4n) is 8.41. The Kier molecular flexibility index (Phi) is 9.27. The summed E-state index contributed by atoms with van der Waals surface area (Å²) in [6, 6.07) is 3.33. The molecule has 0 amide bonds. The maximum absolute atomic E-state index is 14.7. The minimum Gasteiger partial charge on any atom is -0.491 e. The molecule has 37 heavy (non-hydrogen) atoms. The zero-order valence-corrected chi connectivity index (χ0v) is 22.9. The first-order valence-electron chi connectivity index (χ1n) is 15.4. The minimum absolute atomic E-state index is 0.0201. The van der Waals surface area contributed by atoms with Crippen molar-refractivity contribution < 1.29 is 18.3 Å². The van der Waals surface area contributed by atoms with Crippen molar-refractivity contribution in [3.05, 3.63) is 42.0 Å². The van der Waals surface area contributed by atoms with Gasteiger partial charge in [0.1, 0.15) is 0 Å². The summed E-state index contributed by atoms with van der Waals surface area (Å²) in [5, 5.41) is 0. The van der Waals surface area contributed by atoms with Gasteiger partial charge >= 0.3 is 0 Å². The van der Waals surface area contributed by atoms with Gasteiger partial charge in [-0.25, -0.2) is 4.39 Å². The normalized spacial score (nSPS) is 37.2. The molecule has 0 radical (unpaired) electrons. The second-order valence-corrected chi connectivity index (χ2v) is 12.6. The molecule has 1 aromatic rings. The molecule has 0 aromatic heterocycles. The Morgan fingerprint density at radius 3 is 1.89 bits per heavy atom. The second-order valence-electron chi connectivity index (χ2n) is 12.6. The van der Waals surface area contributed by atoms with Gasteiger partial charge in [0.05, 0.1) is 19.3 Å². The molecule has 0 spiro atoms. The quantitative estimate of drug-likeness (QED) is 0.338. The number of ether oxygens (including phenoxy) is 2. The van der Waals surface area contributed by atoms with E-state index in [1.807, 2.05) is 0 Å². The highest BCUT2D eigenvalue weighted by molar-refractivity contribution is 5.33. The van der Waals surface area contributed by atoms with Gasteiger partial charge in [0.2, 0.25) is 5.82 Å². The molecule has 0 bridgehead atoms. The summed E-state index contributed by atoms with van der Waals surface area (Å²) < 4.78 is 40.8. The molecule has 1 saturated heterocycles. The van der Waals surface area contributed by atoms with Gasteiger partial charge in [0.15, 0.2) is 11.6 Å². The molecule has 4 heteroatoms. The van der Waals surface area contributed by atoms with E-state index in [-0.39, 0.29) is 11.7 Å². The molecule has 2 nitrogen and oxygen atoms in total. The fraction of sp³-hybridized carbons (Fsp3) is 0.758. The van der Waals surface area contributed by atoms with Gasteiger partial charge in [0.25, 0.3) is 0 Å². The van der Waals surface area contributed by atoms with Crippen molar-refractivity contribution >= 4 is 0 Å². The number of benzene rings is 1. The van der Waals surface area contributed by atoms with Crippen LogP contribution in [0.5, 0.6) is 5.75 Å². The van der Waals surface area contributed by atoms with Crippen LogP contribution in [0.15, 0.2) is 24.8 Å². The average molecular weight is 515 g/mol. The lowest BCUT2D eigenvalue weighted by Crippen LogP contribution is -2.37. The third-order valence-electron chi connectivity index (χ3n) is 10.8. The number of allylic oxidation sites excluding steroid dienone is 1. The van der Waals surface area contributed by atoms with Gasteiger partial charge in [-0.15, -0.1) is 6.58 Å². The van der Waals surface area contributed by atoms with Crippen LogP contribution in [0.25, 0.3) is 0 Å². The minimum atomic E-state index is -0.836. The number of hydrogen-bond acceptors (Lipinski definition) is 2. The molecule has 206 valence electrons. The molecule has 0 N–H and O–H groups in total. The van der Waals surface area contributed by atoms with Crippen molar-refractivity contribution in [3.63, 3.8) is 0 Å². The zero-order chi connectivity index (χ0) is 25.8. The zero-order valence-electron chi connectivity index (χ0n) is 22.9. The van der Waals surface area contributed by atoms with Crippen molar-refractivity contribution in [1.82, 2.24) is 0 Å². The predicted octanol–water partition coefficient (Wildman–Crippen LogP) is 9.23. The standard InChI is InChI=1S/C33H48F2O2/c1-3-22-5-7-23(8-6-22)24-9-11-25(12-10-24)28-17-19-30(37-21-28)27-15-13-26(14-16-27)29-18-20-31(36-4-2)33(35)32(29)34/h3,18,20,22-28,30H,1,4-17,19,21H2,2H3.